The summed E-state index contributed by atoms with van der Waals surface area (Å²) in [7, 11) is 1.84. The van der Waals surface area contributed by atoms with Gasteiger partial charge in [0.1, 0.15) is 5.82 Å². The molecule has 0 radical (unpaired) electrons. The van der Waals surface area contributed by atoms with Crippen molar-refractivity contribution < 1.29 is 4.74 Å². The zero-order valence-corrected chi connectivity index (χ0v) is 11.6. The van der Waals surface area contributed by atoms with E-state index >= 15 is 0 Å². The van der Waals surface area contributed by atoms with E-state index in [0.717, 1.165) is 17.8 Å². The van der Waals surface area contributed by atoms with E-state index in [9.17, 15) is 0 Å². The Morgan fingerprint density at radius 2 is 1.95 bits per heavy atom. The molecular weight excluding hydrogens is 238 g/mol. The van der Waals surface area contributed by atoms with Gasteiger partial charge in [-0.3, -0.25) is 0 Å². The standard InChI is InChI=1S/C15H19N3O/c1-4-11(2)19-14-10-13(16-3)17-15(18-14)12-8-6-5-7-9-12/h5-11H,4H2,1-3H3,(H,16,17,18). The molecule has 0 aliphatic heterocycles. The number of nitrogens with zero attached hydrogens (tertiary/aromatic N) is 2. The normalized spacial score (nSPS) is 11.9. The molecule has 1 unspecified atom stereocenters. The summed E-state index contributed by atoms with van der Waals surface area (Å²) in [5, 5.41) is 3.04. The summed E-state index contributed by atoms with van der Waals surface area (Å²) in [5.41, 5.74) is 0.980. The number of benzene rings is 1. The summed E-state index contributed by atoms with van der Waals surface area (Å²) in [6, 6.07) is 11.7. The number of anilines is 1. The number of ether oxygens (including phenoxy) is 1. The Balaban J connectivity index is 2.36. The molecule has 0 aliphatic carbocycles. The molecule has 0 aliphatic rings. The van der Waals surface area contributed by atoms with Crippen LogP contribution in [0.2, 0.25) is 0 Å². The van der Waals surface area contributed by atoms with Crippen LogP contribution in [-0.2, 0) is 0 Å². The van der Waals surface area contributed by atoms with E-state index in [2.05, 4.69) is 22.2 Å². The van der Waals surface area contributed by atoms with Gasteiger partial charge in [-0.05, 0) is 13.3 Å². The summed E-state index contributed by atoms with van der Waals surface area (Å²) < 4.78 is 5.78. The van der Waals surface area contributed by atoms with Crippen molar-refractivity contribution in [2.24, 2.45) is 0 Å². The van der Waals surface area contributed by atoms with Gasteiger partial charge in [-0.2, -0.15) is 4.98 Å². The van der Waals surface area contributed by atoms with Crippen molar-refractivity contribution in [1.29, 1.82) is 0 Å². The van der Waals surface area contributed by atoms with E-state index in [0.29, 0.717) is 11.7 Å². The van der Waals surface area contributed by atoms with E-state index in [1.165, 1.54) is 0 Å². The molecule has 0 saturated heterocycles. The second-order valence-corrected chi connectivity index (χ2v) is 4.37. The topological polar surface area (TPSA) is 47.0 Å². The highest BCUT2D eigenvalue weighted by molar-refractivity contribution is 5.58. The fourth-order valence-corrected chi connectivity index (χ4v) is 1.62. The zero-order valence-electron chi connectivity index (χ0n) is 11.6. The molecule has 2 rings (SSSR count). The van der Waals surface area contributed by atoms with Gasteiger partial charge in [0.05, 0.1) is 6.10 Å². The van der Waals surface area contributed by atoms with Crippen molar-refractivity contribution in [2.75, 3.05) is 12.4 Å². The van der Waals surface area contributed by atoms with Gasteiger partial charge in [0.2, 0.25) is 5.88 Å². The third-order valence-corrected chi connectivity index (χ3v) is 2.89. The minimum Gasteiger partial charge on any atom is -0.475 e. The van der Waals surface area contributed by atoms with E-state index < -0.39 is 0 Å². The van der Waals surface area contributed by atoms with Gasteiger partial charge in [0.15, 0.2) is 5.82 Å². The Hall–Kier alpha value is -2.10. The van der Waals surface area contributed by atoms with Crippen molar-refractivity contribution in [3.05, 3.63) is 36.4 Å². The Kier molecular flexibility index (Phi) is 4.34. The fourth-order valence-electron chi connectivity index (χ4n) is 1.62. The molecular formula is C15H19N3O. The number of hydrogen-bond acceptors (Lipinski definition) is 4. The molecule has 100 valence electrons. The van der Waals surface area contributed by atoms with Crippen molar-refractivity contribution in [3.8, 4) is 17.3 Å². The number of hydrogen-bond donors (Lipinski definition) is 1. The highest BCUT2D eigenvalue weighted by Gasteiger charge is 2.09. The molecule has 1 aromatic carbocycles. The molecule has 0 saturated carbocycles. The van der Waals surface area contributed by atoms with E-state index in [1.807, 2.05) is 50.4 Å². The van der Waals surface area contributed by atoms with Gasteiger partial charge >= 0.3 is 0 Å². The summed E-state index contributed by atoms with van der Waals surface area (Å²) in [6.45, 7) is 4.12. The predicted octanol–water partition coefficient (Wildman–Crippen LogP) is 3.36. The SMILES string of the molecule is CCC(C)Oc1cc(NC)nc(-c2ccccc2)n1. The van der Waals surface area contributed by atoms with Crippen LogP contribution in [0.1, 0.15) is 20.3 Å². The number of rotatable bonds is 5. The molecule has 0 fully saturated rings. The third kappa shape index (κ3) is 3.44. The first-order valence-corrected chi connectivity index (χ1v) is 6.51. The lowest BCUT2D eigenvalue weighted by atomic mass is 10.2. The van der Waals surface area contributed by atoms with Crippen molar-refractivity contribution in [3.63, 3.8) is 0 Å². The lowest BCUT2D eigenvalue weighted by Gasteiger charge is -2.13. The van der Waals surface area contributed by atoms with Gasteiger partial charge < -0.3 is 10.1 Å². The van der Waals surface area contributed by atoms with Gasteiger partial charge in [-0.1, -0.05) is 37.3 Å². The van der Waals surface area contributed by atoms with Crippen LogP contribution >= 0.6 is 0 Å². The second kappa shape index (κ2) is 6.18. The molecule has 0 bridgehead atoms. The maximum Gasteiger partial charge on any atom is 0.219 e. The molecule has 4 nitrogen and oxygen atoms in total. The molecule has 0 spiro atoms. The Labute approximate surface area is 113 Å². The second-order valence-electron chi connectivity index (χ2n) is 4.37. The molecule has 19 heavy (non-hydrogen) atoms. The first-order chi connectivity index (χ1) is 9.22. The summed E-state index contributed by atoms with van der Waals surface area (Å²) >= 11 is 0. The smallest absolute Gasteiger partial charge is 0.219 e. The highest BCUT2D eigenvalue weighted by atomic mass is 16.5. The average Bonchev–Trinajstić information content (AvgIpc) is 2.47. The Morgan fingerprint density at radius 1 is 1.21 bits per heavy atom. The van der Waals surface area contributed by atoms with Gasteiger partial charge in [-0.15, -0.1) is 0 Å². The number of aromatic nitrogens is 2. The average molecular weight is 257 g/mol. The molecule has 2 aromatic rings. The molecule has 1 heterocycles. The van der Waals surface area contributed by atoms with Gasteiger partial charge in [0, 0.05) is 18.7 Å². The number of nitrogens with one attached hydrogen (secondary N) is 1. The first-order valence-electron chi connectivity index (χ1n) is 6.51. The van der Waals surface area contributed by atoms with Crippen molar-refractivity contribution in [1.82, 2.24) is 9.97 Å². The monoisotopic (exact) mass is 257 g/mol. The summed E-state index contributed by atoms with van der Waals surface area (Å²) in [4.78, 5) is 8.92. The third-order valence-electron chi connectivity index (χ3n) is 2.89. The van der Waals surface area contributed by atoms with E-state index in [1.54, 1.807) is 0 Å². The van der Waals surface area contributed by atoms with Crippen LogP contribution in [-0.4, -0.2) is 23.1 Å². The van der Waals surface area contributed by atoms with Crippen LogP contribution in [0.4, 0.5) is 5.82 Å². The summed E-state index contributed by atoms with van der Waals surface area (Å²) in [6.07, 6.45) is 1.09. The first kappa shape index (κ1) is 13.3. The lowest BCUT2D eigenvalue weighted by Crippen LogP contribution is -2.11. The van der Waals surface area contributed by atoms with Gasteiger partial charge in [0.25, 0.3) is 0 Å². The van der Waals surface area contributed by atoms with Crippen molar-refractivity contribution in [2.45, 2.75) is 26.4 Å². The van der Waals surface area contributed by atoms with Crippen LogP contribution < -0.4 is 10.1 Å². The molecule has 4 heteroatoms. The molecule has 1 N–H and O–H groups in total. The minimum atomic E-state index is 0.142. The van der Waals surface area contributed by atoms with Crippen LogP contribution in [0.25, 0.3) is 11.4 Å². The van der Waals surface area contributed by atoms with Crippen molar-refractivity contribution >= 4 is 5.82 Å². The quantitative estimate of drug-likeness (QED) is 0.892. The van der Waals surface area contributed by atoms with E-state index in [4.69, 9.17) is 4.74 Å². The van der Waals surface area contributed by atoms with Crippen LogP contribution in [0, 0.1) is 0 Å². The van der Waals surface area contributed by atoms with Gasteiger partial charge in [-0.25, -0.2) is 4.98 Å². The molecule has 1 aromatic heterocycles. The molecule has 0 amide bonds. The predicted molar refractivity (Wildman–Crippen MR) is 77.4 cm³/mol. The maximum atomic E-state index is 5.78. The largest absolute Gasteiger partial charge is 0.475 e. The highest BCUT2D eigenvalue weighted by Crippen LogP contribution is 2.22. The molecule has 1 atom stereocenters. The van der Waals surface area contributed by atoms with Crippen LogP contribution in [0.15, 0.2) is 36.4 Å². The van der Waals surface area contributed by atoms with Crippen LogP contribution in [0.5, 0.6) is 5.88 Å². The maximum absolute atomic E-state index is 5.78. The fraction of sp³-hybridized carbons (Fsp3) is 0.333. The Bertz CT molecular complexity index is 528. The lowest BCUT2D eigenvalue weighted by molar-refractivity contribution is 0.208. The van der Waals surface area contributed by atoms with E-state index in [-0.39, 0.29) is 6.10 Å². The minimum absolute atomic E-state index is 0.142. The zero-order chi connectivity index (χ0) is 13.7. The summed E-state index contributed by atoms with van der Waals surface area (Å²) in [5.74, 6) is 2.03. The Morgan fingerprint density at radius 3 is 2.58 bits per heavy atom. The van der Waals surface area contributed by atoms with Crippen LogP contribution in [0.3, 0.4) is 0 Å².